The lowest BCUT2D eigenvalue weighted by Crippen LogP contribution is -2.16. The second-order valence-electron chi connectivity index (χ2n) is 4.85. The van der Waals surface area contributed by atoms with Crippen LogP contribution in [0.4, 0.5) is 0 Å². The van der Waals surface area contributed by atoms with E-state index in [9.17, 15) is 4.79 Å². The van der Waals surface area contributed by atoms with Crippen LogP contribution in [0.5, 0.6) is 0 Å². The first kappa shape index (κ1) is 11.3. The number of aromatic amines is 1. The number of unbranched alkanes of at least 4 members (excludes halogenated alkanes) is 1. The van der Waals surface area contributed by atoms with Gasteiger partial charge in [-0.25, -0.2) is 4.79 Å². The zero-order valence-corrected chi connectivity index (χ0v) is 10.6. The molecule has 0 saturated carbocycles. The lowest BCUT2D eigenvalue weighted by atomic mass is 10.0. The number of H-pyrrole nitrogens is 1. The molecule has 0 atom stereocenters. The zero-order valence-electron chi connectivity index (χ0n) is 10.6. The molecule has 0 bridgehead atoms. The van der Waals surface area contributed by atoms with E-state index < -0.39 is 0 Å². The van der Waals surface area contributed by atoms with Gasteiger partial charge in [-0.05, 0) is 36.1 Å². The first-order valence-corrected chi connectivity index (χ1v) is 6.60. The molecule has 0 aliphatic carbocycles. The van der Waals surface area contributed by atoms with Gasteiger partial charge in [-0.1, -0.05) is 19.4 Å². The molecular formula is C15H17NO2. The number of benzene rings is 1. The minimum absolute atomic E-state index is 0.220. The summed E-state index contributed by atoms with van der Waals surface area (Å²) in [6.45, 7) is 2.70. The summed E-state index contributed by atoms with van der Waals surface area (Å²) in [6.07, 6.45) is 4.34. The molecule has 0 unspecified atom stereocenters. The van der Waals surface area contributed by atoms with Gasteiger partial charge in [0.15, 0.2) is 0 Å². The molecule has 3 heteroatoms. The molecular weight excluding hydrogens is 226 g/mol. The zero-order chi connectivity index (χ0) is 12.5. The Bertz CT molecular complexity index is 598. The van der Waals surface area contributed by atoms with Gasteiger partial charge in [0.2, 0.25) is 0 Å². The van der Waals surface area contributed by atoms with E-state index in [2.05, 4.69) is 30.1 Å². The number of esters is 1. The molecule has 1 aromatic carbocycles. The number of aromatic nitrogens is 1. The fraction of sp³-hybridized carbons (Fsp3) is 0.400. The molecule has 3 nitrogen and oxygen atoms in total. The van der Waals surface area contributed by atoms with Crippen molar-refractivity contribution in [2.75, 3.05) is 6.61 Å². The Hall–Kier alpha value is -1.77. The number of cyclic esters (lactones) is 1. The molecule has 18 heavy (non-hydrogen) atoms. The number of carbonyl (C=O) groups is 1. The van der Waals surface area contributed by atoms with Crippen LogP contribution in [0.3, 0.4) is 0 Å². The predicted octanol–water partition coefficient (Wildman–Crippen LogP) is 3.22. The molecule has 3 rings (SSSR count). The van der Waals surface area contributed by atoms with Crippen LogP contribution in [-0.2, 0) is 17.6 Å². The van der Waals surface area contributed by atoms with Gasteiger partial charge in [-0.2, -0.15) is 0 Å². The van der Waals surface area contributed by atoms with Crippen LogP contribution in [-0.4, -0.2) is 17.6 Å². The molecule has 2 aromatic rings. The normalized spacial score (nSPS) is 14.6. The van der Waals surface area contributed by atoms with E-state index >= 15 is 0 Å². The van der Waals surface area contributed by atoms with Crippen LogP contribution in [0.15, 0.2) is 18.2 Å². The fourth-order valence-corrected chi connectivity index (χ4v) is 2.58. The monoisotopic (exact) mass is 243 g/mol. The van der Waals surface area contributed by atoms with E-state index in [4.69, 9.17) is 4.74 Å². The van der Waals surface area contributed by atoms with E-state index in [-0.39, 0.29) is 5.97 Å². The molecule has 1 N–H and O–H groups in total. The third kappa shape index (κ3) is 1.80. The van der Waals surface area contributed by atoms with Gasteiger partial charge in [0, 0.05) is 17.3 Å². The Labute approximate surface area is 106 Å². The Morgan fingerprint density at radius 2 is 2.28 bits per heavy atom. The third-order valence-corrected chi connectivity index (χ3v) is 3.58. The average molecular weight is 243 g/mol. The summed E-state index contributed by atoms with van der Waals surface area (Å²) in [7, 11) is 0. The van der Waals surface area contributed by atoms with Crippen molar-refractivity contribution in [1.82, 2.24) is 4.98 Å². The standard InChI is InChI=1S/C15H17NO2/c1-2-3-4-10-5-6-13-12(9-10)11-7-8-18-15(17)14(11)16-13/h5-6,9,16H,2-4,7-8H2,1H3. The lowest BCUT2D eigenvalue weighted by Gasteiger charge is -2.11. The summed E-state index contributed by atoms with van der Waals surface area (Å²) >= 11 is 0. The lowest BCUT2D eigenvalue weighted by molar-refractivity contribution is 0.0475. The van der Waals surface area contributed by atoms with Crippen LogP contribution in [0.1, 0.15) is 41.4 Å². The van der Waals surface area contributed by atoms with Crippen LogP contribution in [0.25, 0.3) is 10.9 Å². The number of hydrogen-bond donors (Lipinski definition) is 1. The van der Waals surface area contributed by atoms with Gasteiger partial charge in [0.1, 0.15) is 5.69 Å². The largest absolute Gasteiger partial charge is 0.461 e. The van der Waals surface area contributed by atoms with E-state index in [0.717, 1.165) is 23.9 Å². The maximum absolute atomic E-state index is 11.7. The van der Waals surface area contributed by atoms with Crippen molar-refractivity contribution in [3.05, 3.63) is 35.0 Å². The van der Waals surface area contributed by atoms with E-state index in [1.807, 2.05) is 0 Å². The molecule has 94 valence electrons. The quantitative estimate of drug-likeness (QED) is 0.841. The summed E-state index contributed by atoms with van der Waals surface area (Å²) in [5.74, 6) is -0.220. The van der Waals surface area contributed by atoms with Crippen LogP contribution in [0, 0.1) is 0 Å². The molecule has 1 aliphatic heterocycles. The first-order chi connectivity index (χ1) is 8.79. The van der Waals surface area contributed by atoms with Crippen LogP contribution >= 0.6 is 0 Å². The highest BCUT2D eigenvalue weighted by molar-refractivity contribution is 5.99. The second kappa shape index (κ2) is 4.48. The van der Waals surface area contributed by atoms with Crippen molar-refractivity contribution in [2.24, 2.45) is 0 Å². The Morgan fingerprint density at radius 3 is 3.11 bits per heavy atom. The fourth-order valence-electron chi connectivity index (χ4n) is 2.58. The predicted molar refractivity (Wildman–Crippen MR) is 70.9 cm³/mol. The van der Waals surface area contributed by atoms with Gasteiger partial charge in [0.05, 0.1) is 6.61 Å². The molecule has 1 aromatic heterocycles. The number of ether oxygens (including phenoxy) is 1. The summed E-state index contributed by atoms with van der Waals surface area (Å²) in [6, 6.07) is 6.44. The number of nitrogens with one attached hydrogen (secondary N) is 1. The van der Waals surface area contributed by atoms with Gasteiger partial charge < -0.3 is 9.72 Å². The maximum Gasteiger partial charge on any atom is 0.355 e. The number of fused-ring (bicyclic) bond motifs is 3. The molecule has 1 aliphatic rings. The molecule has 0 amide bonds. The van der Waals surface area contributed by atoms with Crippen molar-refractivity contribution in [2.45, 2.75) is 32.6 Å². The molecule has 0 spiro atoms. The summed E-state index contributed by atoms with van der Waals surface area (Å²) in [5, 5.41) is 1.19. The highest BCUT2D eigenvalue weighted by Gasteiger charge is 2.23. The van der Waals surface area contributed by atoms with E-state index in [1.165, 1.54) is 23.8 Å². The highest BCUT2D eigenvalue weighted by atomic mass is 16.5. The van der Waals surface area contributed by atoms with Gasteiger partial charge in [0.25, 0.3) is 0 Å². The summed E-state index contributed by atoms with van der Waals surface area (Å²) in [4.78, 5) is 14.8. The number of aryl methyl sites for hydroxylation is 1. The topological polar surface area (TPSA) is 42.1 Å². The van der Waals surface area contributed by atoms with Crippen LogP contribution < -0.4 is 0 Å². The second-order valence-corrected chi connectivity index (χ2v) is 4.85. The Kier molecular flexibility index (Phi) is 2.82. The van der Waals surface area contributed by atoms with E-state index in [1.54, 1.807) is 0 Å². The van der Waals surface area contributed by atoms with E-state index in [0.29, 0.717) is 12.3 Å². The van der Waals surface area contributed by atoms with Crippen molar-refractivity contribution < 1.29 is 9.53 Å². The van der Waals surface area contributed by atoms with Gasteiger partial charge in [-0.15, -0.1) is 0 Å². The first-order valence-electron chi connectivity index (χ1n) is 6.60. The van der Waals surface area contributed by atoms with Crippen molar-refractivity contribution >= 4 is 16.9 Å². The van der Waals surface area contributed by atoms with Crippen molar-refractivity contribution in [3.8, 4) is 0 Å². The minimum Gasteiger partial charge on any atom is -0.461 e. The van der Waals surface area contributed by atoms with Gasteiger partial charge >= 0.3 is 5.97 Å². The molecule has 0 saturated heterocycles. The van der Waals surface area contributed by atoms with Gasteiger partial charge in [-0.3, -0.25) is 0 Å². The SMILES string of the molecule is CCCCc1ccc2[nH]c3c(c2c1)CCOC3=O. The smallest absolute Gasteiger partial charge is 0.355 e. The summed E-state index contributed by atoms with van der Waals surface area (Å²) in [5.41, 5.74) is 4.16. The third-order valence-electron chi connectivity index (χ3n) is 3.58. The average Bonchev–Trinajstić information content (AvgIpc) is 2.76. The van der Waals surface area contributed by atoms with Crippen molar-refractivity contribution in [1.29, 1.82) is 0 Å². The highest BCUT2D eigenvalue weighted by Crippen LogP contribution is 2.27. The maximum atomic E-state index is 11.7. The summed E-state index contributed by atoms with van der Waals surface area (Å²) < 4.78 is 5.06. The molecule has 2 heterocycles. The number of rotatable bonds is 3. The molecule has 0 fully saturated rings. The van der Waals surface area contributed by atoms with Crippen LogP contribution in [0.2, 0.25) is 0 Å². The van der Waals surface area contributed by atoms with Crippen molar-refractivity contribution in [3.63, 3.8) is 0 Å². The minimum atomic E-state index is -0.220. The number of carbonyl (C=O) groups excluding carboxylic acids is 1. The molecule has 0 radical (unpaired) electrons. The Morgan fingerprint density at radius 1 is 1.39 bits per heavy atom. The number of hydrogen-bond acceptors (Lipinski definition) is 2. The Balaban J connectivity index is 2.07.